The number of nitrogens with two attached hydrogens (primary N) is 2. The van der Waals surface area contributed by atoms with Crippen LogP contribution in [0.3, 0.4) is 0 Å². The molecule has 1 aromatic carbocycles. The first-order valence-electron chi connectivity index (χ1n) is 15.9. The van der Waals surface area contributed by atoms with Gasteiger partial charge in [0.15, 0.2) is 5.78 Å². The number of carbonyl (C=O) groups is 1. The Bertz CT molecular complexity index is 1150. The Morgan fingerprint density at radius 1 is 1.00 bits per heavy atom. The molecule has 2 fully saturated rings. The first-order chi connectivity index (χ1) is 21.2. The van der Waals surface area contributed by atoms with E-state index in [1.54, 1.807) is 6.08 Å². The van der Waals surface area contributed by atoms with E-state index >= 15 is 0 Å². The van der Waals surface area contributed by atoms with Crippen molar-refractivity contribution >= 4 is 11.5 Å². The van der Waals surface area contributed by atoms with Gasteiger partial charge in [-0.15, -0.1) is 12.8 Å². The maximum Gasteiger partial charge on any atom is 0.170 e. The van der Waals surface area contributed by atoms with E-state index < -0.39 is 0 Å². The number of allylic oxidation sites excluding steroid dienone is 4. The number of quaternary nitrogens is 2. The van der Waals surface area contributed by atoms with Gasteiger partial charge in [0.05, 0.1) is 61.9 Å². The van der Waals surface area contributed by atoms with Gasteiger partial charge in [-0.05, 0) is 56.1 Å². The van der Waals surface area contributed by atoms with Crippen molar-refractivity contribution in [2.24, 2.45) is 5.73 Å². The molecule has 1 aromatic rings. The van der Waals surface area contributed by atoms with Crippen LogP contribution in [0.5, 0.6) is 0 Å². The number of nitrogens with one attached hydrogen (secondary N) is 2. The van der Waals surface area contributed by atoms with Crippen LogP contribution >= 0.6 is 0 Å². The van der Waals surface area contributed by atoms with Gasteiger partial charge in [0, 0.05) is 62.2 Å². The summed E-state index contributed by atoms with van der Waals surface area (Å²) in [5, 5.41) is 6.36. The first-order valence-corrected chi connectivity index (χ1v) is 15.9. The molecule has 9 heteroatoms. The third-order valence-corrected chi connectivity index (χ3v) is 8.15. The number of hydrogen-bond donors (Lipinski definition) is 4. The Morgan fingerprint density at radius 3 is 2.11 bits per heavy atom. The normalized spacial score (nSPS) is 19.8. The molecular weight excluding hydrogens is 560 g/mol. The highest BCUT2D eigenvalue weighted by molar-refractivity contribution is 5.91. The molecule has 250 valence electrons. The van der Waals surface area contributed by atoms with Crippen molar-refractivity contribution in [3.05, 3.63) is 77.8 Å². The summed E-state index contributed by atoms with van der Waals surface area (Å²) in [6.45, 7) is 8.19. The number of likely N-dealkylation sites (N-methyl/N-ethyl adjacent to an activating group) is 3. The zero-order chi connectivity index (χ0) is 34.0. The molecule has 2 aliphatic rings. The molecule has 0 spiro atoms. The van der Waals surface area contributed by atoms with Gasteiger partial charge >= 0.3 is 0 Å². The van der Waals surface area contributed by atoms with E-state index in [1.807, 2.05) is 44.3 Å². The molecule has 2 heterocycles. The van der Waals surface area contributed by atoms with Crippen LogP contribution in [-0.4, -0.2) is 125 Å². The number of nitrogens with zero attached hydrogens (tertiary/aromatic N) is 4. The van der Waals surface area contributed by atoms with Crippen molar-refractivity contribution < 1.29 is 13.8 Å². The van der Waals surface area contributed by atoms with Gasteiger partial charge < -0.3 is 36.0 Å². The number of benzene rings is 1. The van der Waals surface area contributed by atoms with Crippen molar-refractivity contribution in [3.63, 3.8) is 0 Å². The number of ketones is 1. The second-order valence-corrected chi connectivity index (χ2v) is 13.5. The van der Waals surface area contributed by atoms with Gasteiger partial charge in [-0.1, -0.05) is 18.2 Å². The topological polar surface area (TPSA) is 99.7 Å². The molecule has 0 aromatic heterocycles. The molecule has 2 aliphatic heterocycles. The number of carbonyl (C=O) groups excluding carboxylic acids is 1. The molecule has 9 nitrogen and oxygen atoms in total. The van der Waals surface area contributed by atoms with Gasteiger partial charge in [-0.2, -0.15) is 0 Å². The van der Waals surface area contributed by atoms with Crippen molar-refractivity contribution in [1.82, 2.24) is 20.4 Å². The number of hydrogen-bond acceptors (Lipinski definition) is 7. The molecule has 45 heavy (non-hydrogen) atoms. The fourth-order valence-electron chi connectivity index (χ4n) is 5.35. The average molecular weight is 623 g/mol. The van der Waals surface area contributed by atoms with Gasteiger partial charge in [0.1, 0.15) is 12.1 Å². The van der Waals surface area contributed by atoms with Gasteiger partial charge in [0.25, 0.3) is 0 Å². The molecule has 0 bridgehead atoms. The fraction of sp³-hybridized carbons (Fsp3) is 0.528. The summed E-state index contributed by atoms with van der Waals surface area (Å²) in [4.78, 5) is 16.5. The molecule has 2 unspecified atom stereocenters. The molecule has 6 N–H and O–H groups in total. The average Bonchev–Trinajstić information content (AvgIpc) is 3.66. The lowest BCUT2D eigenvalue weighted by Crippen LogP contribution is -2.46. The second kappa shape index (κ2) is 19.9. The SMILES string of the molecule is C#C.C[N+](C)(C)C1CCN(Cc2ccc(N)cc2)C1.C\C=C/C(=C\C=C\N1CCC([N+](C)(C)C)C1)N/C(=C/C(=O)CN)CNC. The predicted molar refractivity (Wildman–Crippen MR) is 192 cm³/mol. The van der Waals surface area contributed by atoms with Crippen LogP contribution in [-0.2, 0) is 11.3 Å². The van der Waals surface area contributed by atoms with E-state index in [2.05, 4.69) is 100.0 Å². The Kier molecular flexibility index (Phi) is 17.5. The molecule has 0 radical (unpaired) electrons. The predicted octanol–water partition coefficient (Wildman–Crippen LogP) is 2.76. The van der Waals surface area contributed by atoms with E-state index in [4.69, 9.17) is 11.5 Å². The lowest BCUT2D eigenvalue weighted by Gasteiger charge is -2.31. The molecule has 0 amide bonds. The summed E-state index contributed by atoms with van der Waals surface area (Å²) >= 11 is 0. The molecule has 0 aliphatic carbocycles. The van der Waals surface area contributed by atoms with Crippen LogP contribution in [0, 0.1) is 12.8 Å². The van der Waals surface area contributed by atoms with E-state index in [0.717, 1.165) is 51.7 Å². The summed E-state index contributed by atoms with van der Waals surface area (Å²) in [5.41, 5.74) is 15.0. The lowest BCUT2D eigenvalue weighted by atomic mass is 10.2. The quantitative estimate of drug-likeness (QED) is 0.0883. The van der Waals surface area contributed by atoms with E-state index in [1.165, 1.54) is 31.5 Å². The van der Waals surface area contributed by atoms with Gasteiger partial charge in [-0.3, -0.25) is 9.69 Å². The Morgan fingerprint density at radius 2 is 1.60 bits per heavy atom. The van der Waals surface area contributed by atoms with Crippen LogP contribution < -0.4 is 22.1 Å². The van der Waals surface area contributed by atoms with Crippen molar-refractivity contribution in [1.29, 1.82) is 0 Å². The third-order valence-electron chi connectivity index (χ3n) is 8.15. The van der Waals surface area contributed by atoms with Gasteiger partial charge in [0.2, 0.25) is 0 Å². The Labute approximate surface area is 274 Å². The number of likely N-dealkylation sites (tertiary alicyclic amines) is 2. The number of anilines is 1. The minimum Gasteiger partial charge on any atom is -0.399 e. The highest BCUT2D eigenvalue weighted by Crippen LogP contribution is 2.20. The van der Waals surface area contributed by atoms with Crippen molar-refractivity contribution in [2.45, 2.75) is 38.4 Å². The van der Waals surface area contributed by atoms with E-state index in [-0.39, 0.29) is 12.3 Å². The molecule has 0 saturated carbocycles. The third kappa shape index (κ3) is 15.4. The number of terminal acetylenes is 1. The lowest BCUT2D eigenvalue weighted by molar-refractivity contribution is -0.893. The summed E-state index contributed by atoms with van der Waals surface area (Å²) in [5.74, 6) is -0.0958. The zero-order valence-corrected chi connectivity index (χ0v) is 29.3. The van der Waals surface area contributed by atoms with Crippen LogP contribution in [0.25, 0.3) is 0 Å². The Balaban J connectivity index is 0.000000458. The van der Waals surface area contributed by atoms with Crippen molar-refractivity contribution in [2.75, 3.05) is 94.3 Å². The van der Waals surface area contributed by atoms with Crippen LogP contribution in [0.15, 0.2) is 72.2 Å². The molecule has 2 atom stereocenters. The largest absolute Gasteiger partial charge is 0.399 e. The van der Waals surface area contributed by atoms with Crippen LogP contribution in [0.1, 0.15) is 25.3 Å². The molecule has 3 rings (SSSR count). The smallest absolute Gasteiger partial charge is 0.170 e. The molecule has 2 saturated heterocycles. The molecular formula is C36H62N8O+2. The highest BCUT2D eigenvalue weighted by atomic mass is 16.1. The summed E-state index contributed by atoms with van der Waals surface area (Å²) in [7, 11) is 15.5. The maximum absolute atomic E-state index is 11.6. The standard InChI is InChI=1S/C20H35N5O.C14H24N3.C2H2/c1-6-8-17(23-18(15-22-2)13-20(26)14-21)9-7-11-24-12-10-19(16-24)25(3,4)5;1-17(2,3)14-8-9-16(11-14)10-12-4-6-13(15)7-5-12;1-2/h6-9,11,13,19,22H,10,12,14-16,21H2,1-5H3;4-7,14H,8-11,15H2,1-3H3;1-2H/q;+1;/p+1/b8-6-,11-7+,17-9+;;. The summed E-state index contributed by atoms with van der Waals surface area (Å²) in [6, 6.07) is 9.68. The van der Waals surface area contributed by atoms with Crippen molar-refractivity contribution in [3.8, 4) is 12.8 Å². The van der Waals surface area contributed by atoms with E-state index in [0.29, 0.717) is 12.6 Å². The monoisotopic (exact) mass is 623 g/mol. The van der Waals surface area contributed by atoms with Crippen LogP contribution in [0.4, 0.5) is 5.69 Å². The van der Waals surface area contributed by atoms with Crippen LogP contribution in [0.2, 0.25) is 0 Å². The zero-order valence-electron chi connectivity index (χ0n) is 29.3. The summed E-state index contributed by atoms with van der Waals surface area (Å²) in [6.07, 6.45) is 22.3. The first kappa shape index (κ1) is 39.6. The fourth-order valence-corrected chi connectivity index (χ4v) is 5.35. The van der Waals surface area contributed by atoms with E-state index in [9.17, 15) is 4.79 Å². The highest BCUT2D eigenvalue weighted by Gasteiger charge is 2.32. The number of nitrogen functional groups attached to an aromatic ring is 1. The summed E-state index contributed by atoms with van der Waals surface area (Å²) < 4.78 is 2.07. The Hall–Kier alpha value is -3.39. The second-order valence-electron chi connectivity index (χ2n) is 13.5. The minimum absolute atomic E-state index is 0.0138. The minimum atomic E-state index is -0.0958. The maximum atomic E-state index is 11.6. The number of rotatable bonds is 13. The van der Waals surface area contributed by atoms with Gasteiger partial charge in [-0.25, -0.2) is 0 Å².